The van der Waals surface area contributed by atoms with Gasteiger partial charge in [0.05, 0.1) is 0 Å². The van der Waals surface area contributed by atoms with Gasteiger partial charge in [-0.15, -0.1) is 0 Å². The van der Waals surface area contributed by atoms with E-state index in [-0.39, 0.29) is 0 Å². The lowest BCUT2D eigenvalue weighted by atomic mass is 9.80. The molecule has 0 amide bonds. The maximum absolute atomic E-state index is 2.70. The minimum atomic E-state index is 0.581. The molecule has 0 saturated carbocycles. The van der Waals surface area contributed by atoms with Gasteiger partial charge in [0, 0.05) is 25.0 Å². The standard InChI is InChI=1S/C19H21N/c1-14-13-20-12-11-15-7-5-6-10-17(15)19(20)18(14)16-8-3-2-4-9-16/h2-10,14,18-19H,11-13H2,1H3/t14-,18-,19+/m0/s1. The quantitative estimate of drug-likeness (QED) is 0.751. The first-order valence-electron chi connectivity index (χ1n) is 7.71. The average molecular weight is 263 g/mol. The smallest absolute Gasteiger partial charge is 0.0422 e. The second kappa shape index (κ2) is 4.75. The zero-order chi connectivity index (χ0) is 13.5. The number of fused-ring (bicyclic) bond motifs is 3. The van der Waals surface area contributed by atoms with E-state index >= 15 is 0 Å². The molecule has 2 aliphatic heterocycles. The van der Waals surface area contributed by atoms with Gasteiger partial charge >= 0.3 is 0 Å². The van der Waals surface area contributed by atoms with Crippen LogP contribution in [0.4, 0.5) is 0 Å². The molecule has 1 saturated heterocycles. The fourth-order valence-electron chi connectivity index (χ4n) is 4.26. The Morgan fingerprint density at radius 3 is 2.55 bits per heavy atom. The van der Waals surface area contributed by atoms with E-state index < -0.39 is 0 Å². The highest BCUT2D eigenvalue weighted by atomic mass is 15.2. The van der Waals surface area contributed by atoms with Crippen LogP contribution in [0.3, 0.4) is 0 Å². The summed E-state index contributed by atoms with van der Waals surface area (Å²) in [5.41, 5.74) is 4.63. The number of hydrogen-bond donors (Lipinski definition) is 0. The number of nitrogens with zero attached hydrogens (tertiary/aromatic N) is 1. The monoisotopic (exact) mass is 263 g/mol. The Balaban J connectivity index is 1.81. The van der Waals surface area contributed by atoms with Crippen molar-refractivity contribution >= 4 is 0 Å². The lowest BCUT2D eigenvalue weighted by Gasteiger charge is -2.35. The van der Waals surface area contributed by atoms with Crippen molar-refractivity contribution in [2.45, 2.75) is 25.3 Å². The van der Waals surface area contributed by atoms with E-state index in [4.69, 9.17) is 0 Å². The predicted octanol–water partition coefficient (Wildman–Crippen LogP) is 4.02. The lowest BCUT2D eigenvalue weighted by molar-refractivity contribution is 0.233. The number of rotatable bonds is 1. The van der Waals surface area contributed by atoms with Gasteiger partial charge in [0.1, 0.15) is 0 Å². The molecule has 2 heterocycles. The number of hydrogen-bond acceptors (Lipinski definition) is 1. The molecule has 3 atom stereocenters. The van der Waals surface area contributed by atoms with Gasteiger partial charge in [0.15, 0.2) is 0 Å². The molecule has 0 N–H and O–H groups in total. The fourth-order valence-corrected chi connectivity index (χ4v) is 4.26. The topological polar surface area (TPSA) is 3.24 Å². The van der Waals surface area contributed by atoms with Gasteiger partial charge in [-0.25, -0.2) is 0 Å². The first-order valence-corrected chi connectivity index (χ1v) is 7.71. The van der Waals surface area contributed by atoms with Crippen molar-refractivity contribution < 1.29 is 0 Å². The van der Waals surface area contributed by atoms with Gasteiger partial charge in [-0.1, -0.05) is 61.5 Å². The Bertz CT molecular complexity index is 604. The van der Waals surface area contributed by atoms with Crippen molar-refractivity contribution in [1.82, 2.24) is 4.90 Å². The Labute approximate surface area is 121 Å². The second-order valence-corrected chi connectivity index (χ2v) is 6.30. The highest BCUT2D eigenvalue weighted by Crippen LogP contribution is 2.49. The third kappa shape index (κ3) is 1.81. The summed E-state index contributed by atoms with van der Waals surface area (Å²) in [7, 11) is 0. The van der Waals surface area contributed by atoms with E-state index in [1.54, 1.807) is 11.1 Å². The Hall–Kier alpha value is -1.60. The zero-order valence-electron chi connectivity index (χ0n) is 12.0. The Morgan fingerprint density at radius 2 is 1.70 bits per heavy atom. The first kappa shape index (κ1) is 12.2. The molecule has 1 fully saturated rings. The second-order valence-electron chi connectivity index (χ2n) is 6.30. The molecule has 1 nitrogen and oxygen atoms in total. The molecular weight excluding hydrogens is 242 g/mol. The molecule has 0 aromatic heterocycles. The van der Waals surface area contributed by atoms with Gasteiger partial charge < -0.3 is 0 Å². The van der Waals surface area contributed by atoms with Gasteiger partial charge in [-0.2, -0.15) is 0 Å². The molecule has 0 aliphatic carbocycles. The van der Waals surface area contributed by atoms with Crippen molar-refractivity contribution in [3.8, 4) is 0 Å². The van der Waals surface area contributed by atoms with Crippen LogP contribution in [-0.4, -0.2) is 18.0 Å². The summed E-state index contributed by atoms with van der Waals surface area (Å²) in [5.74, 6) is 1.37. The van der Waals surface area contributed by atoms with Crippen LogP contribution in [0.5, 0.6) is 0 Å². The summed E-state index contributed by atoms with van der Waals surface area (Å²) < 4.78 is 0. The van der Waals surface area contributed by atoms with Crippen molar-refractivity contribution in [2.75, 3.05) is 13.1 Å². The highest BCUT2D eigenvalue weighted by molar-refractivity contribution is 5.38. The largest absolute Gasteiger partial charge is 0.295 e. The summed E-state index contributed by atoms with van der Waals surface area (Å²) in [6, 6.07) is 20.7. The Morgan fingerprint density at radius 1 is 0.950 bits per heavy atom. The minimum Gasteiger partial charge on any atom is -0.295 e. The van der Waals surface area contributed by atoms with Crippen LogP contribution in [-0.2, 0) is 6.42 Å². The van der Waals surface area contributed by atoms with Gasteiger partial charge in [0.2, 0.25) is 0 Å². The Kier molecular flexibility index (Phi) is 2.89. The molecule has 20 heavy (non-hydrogen) atoms. The average Bonchev–Trinajstić information content (AvgIpc) is 2.84. The highest BCUT2D eigenvalue weighted by Gasteiger charge is 2.43. The van der Waals surface area contributed by atoms with Crippen molar-refractivity contribution in [3.63, 3.8) is 0 Å². The van der Waals surface area contributed by atoms with Crippen LogP contribution in [0, 0.1) is 5.92 Å². The van der Waals surface area contributed by atoms with E-state index in [2.05, 4.69) is 66.4 Å². The van der Waals surface area contributed by atoms with Crippen LogP contribution in [0.15, 0.2) is 54.6 Å². The summed E-state index contributed by atoms with van der Waals surface area (Å²) in [4.78, 5) is 2.70. The predicted molar refractivity (Wildman–Crippen MR) is 82.8 cm³/mol. The normalized spacial score (nSPS) is 28.9. The molecular formula is C19H21N. The third-order valence-corrected chi connectivity index (χ3v) is 5.10. The molecule has 0 radical (unpaired) electrons. The number of benzene rings is 2. The van der Waals surface area contributed by atoms with Crippen molar-refractivity contribution in [2.24, 2.45) is 5.92 Å². The summed E-state index contributed by atoms with van der Waals surface area (Å²) in [6.45, 7) is 4.87. The molecule has 4 rings (SSSR count). The van der Waals surface area contributed by atoms with Crippen LogP contribution in [0.25, 0.3) is 0 Å². The zero-order valence-corrected chi connectivity index (χ0v) is 12.0. The van der Waals surface area contributed by atoms with Crippen LogP contribution >= 0.6 is 0 Å². The summed E-state index contributed by atoms with van der Waals surface area (Å²) in [6.07, 6.45) is 1.21. The molecule has 102 valence electrons. The van der Waals surface area contributed by atoms with Gasteiger partial charge in [-0.05, 0) is 29.0 Å². The van der Waals surface area contributed by atoms with E-state index in [1.807, 2.05) is 0 Å². The summed E-state index contributed by atoms with van der Waals surface area (Å²) in [5, 5.41) is 0. The maximum atomic E-state index is 2.70. The van der Waals surface area contributed by atoms with Crippen molar-refractivity contribution in [3.05, 3.63) is 71.3 Å². The van der Waals surface area contributed by atoms with Crippen LogP contribution < -0.4 is 0 Å². The SMILES string of the molecule is C[C@H]1CN2CCc3ccccc3[C@@H]2[C@@H]1c1ccccc1. The fraction of sp³-hybridized carbons (Fsp3) is 0.368. The van der Waals surface area contributed by atoms with Crippen LogP contribution in [0.1, 0.15) is 35.6 Å². The minimum absolute atomic E-state index is 0.581. The molecule has 2 aromatic rings. The third-order valence-electron chi connectivity index (χ3n) is 5.10. The first-order chi connectivity index (χ1) is 9.84. The molecule has 2 aliphatic rings. The van der Waals surface area contributed by atoms with E-state index in [9.17, 15) is 0 Å². The maximum Gasteiger partial charge on any atom is 0.0422 e. The molecule has 1 heteroatoms. The van der Waals surface area contributed by atoms with E-state index in [0.29, 0.717) is 12.0 Å². The van der Waals surface area contributed by atoms with E-state index in [1.165, 1.54) is 25.1 Å². The van der Waals surface area contributed by atoms with Gasteiger partial charge in [0.25, 0.3) is 0 Å². The van der Waals surface area contributed by atoms with Crippen LogP contribution in [0.2, 0.25) is 0 Å². The van der Waals surface area contributed by atoms with Gasteiger partial charge in [-0.3, -0.25) is 4.90 Å². The molecule has 0 spiro atoms. The lowest BCUT2D eigenvalue weighted by Crippen LogP contribution is -2.32. The molecule has 2 aromatic carbocycles. The summed E-state index contributed by atoms with van der Waals surface area (Å²) >= 11 is 0. The molecule has 0 bridgehead atoms. The molecule has 0 unspecified atom stereocenters. The van der Waals surface area contributed by atoms with Crippen molar-refractivity contribution in [1.29, 1.82) is 0 Å². The van der Waals surface area contributed by atoms with E-state index in [0.717, 1.165) is 5.92 Å².